The van der Waals surface area contributed by atoms with Crippen LogP contribution in [0.2, 0.25) is 0 Å². The average molecular weight is 394 g/mol. The maximum atomic E-state index is 5.50. The molecular formula is C19H28ClN5O2. The number of aryl methyl sites for hydroxylation is 2. The fourth-order valence-corrected chi connectivity index (χ4v) is 3.27. The molecule has 1 aromatic carbocycles. The Labute approximate surface area is 166 Å². The van der Waals surface area contributed by atoms with Crippen LogP contribution in [0.1, 0.15) is 12.1 Å². The van der Waals surface area contributed by atoms with Gasteiger partial charge in [-0.2, -0.15) is 5.10 Å². The van der Waals surface area contributed by atoms with Gasteiger partial charge in [0.15, 0.2) is 17.1 Å². The zero-order valence-corrected chi connectivity index (χ0v) is 17.6. The van der Waals surface area contributed by atoms with E-state index in [0.29, 0.717) is 11.5 Å². The first kappa shape index (κ1) is 21.1. The van der Waals surface area contributed by atoms with E-state index in [9.17, 15) is 0 Å². The highest BCUT2D eigenvalue weighted by atomic mass is 35.5. The molecule has 3 rings (SSSR count). The van der Waals surface area contributed by atoms with Crippen LogP contribution in [0, 0.1) is 6.92 Å². The number of fused-ring (bicyclic) bond motifs is 2. The largest absolute Gasteiger partial charge is 0.493 e. The topological polar surface area (TPSA) is 64.4 Å². The van der Waals surface area contributed by atoms with Gasteiger partial charge in [0.1, 0.15) is 0 Å². The van der Waals surface area contributed by atoms with Crippen LogP contribution in [0.5, 0.6) is 11.5 Å². The lowest BCUT2D eigenvalue weighted by Gasteiger charge is -2.15. The van der Waals surface area contributed by atoms with Crippen LogP contribution < -0.4 is 14.8 Å². The molecule has 0 spiro atoms. The third-order valence-corrected chi connectivity index (χ3v) is 4.52. The Bertz CT molecular complexity index is 939. The van der Waals surface area contributed by atoms with Gasteiger partial charge in [-0.1, -0.05) is 0 Å². The number of benzene rings is 1. The van der Waals surface area contributed by atoms with E-state index in [0.717, 1.165) is 52.8 Å². The summed E-state index contributed by atoms with van der Waals surface area (Å²) in [5.74, 6) is 1.36. The monoisotopic (exact) mass is 393 g/mol. The molecule has 0 aliphatic carbocycles. The third kappa shape index (κ3) is 4.04. The Balaban J connectivity index is 0.00000261. The quantitative estimate of drug-likeness (QED) is 0.622. The standard InChI is InChI=1S/C19H27N5O2.ClH/c1-12-17-18(20-8-7-9-23(2)3)13-10-15(25-5)16(26-6)11-14(13)21-19(17)24(4)22-12;/h10-11H,7-9H2,1-6H3,(H,20,21);1H. The van der Waals surface area contributed by atoms with Crippen LogP contribution in [-0.4, -0.2) is 61.1 Å². The van der Waals surface area contributed by atoms with Gasteiger partial charge in [0, 0.05) is 25.0 Å². The van der Waals surface area contributed by atoms with Gasteiger partial charge in [0.05, 0.1) is 36.5 Å². The minimum Gasteiger partial charge on any atom is -0.493 e. The summed E-state index contributed by atoms with van der Waals surface area (Å²) in [5, 5.41) is 10.2. The van der Waals surface area contributed by atoms with E-state index in [1.165, 1.54) is 0 Å². The highest BCUT2D eigenvalue weighted by Crippen LogP contribution is 2.38. The molecule has 0 radical (unpaired) electrons. The van der Waals surface area contributed by atoms with Gasteiger partial charge in [0.25, 0.3) is 0 Å². The van der Waals surface area contributed by atoms with Gasteiger partial charge in [-0.05, 0) is 40.1 Å². The molecule has 0 amide bonds. The lowest BCUT2D eigenvalue weighted by molar-refractivity contribution is 0.356. The summed E-state index contributed by atoms with van der Waals surface area (Å²) < 4.78 is 12.8. The molecule has 27 heavy (non-hydrogen) atoms. The summed E-state index contributed by atoms with van der Waals surface area (Å²) in [4.78, 5) is 7.00. The summed E-state index contributed by atoms with van der Waals surface area (Å²) in [6.45, 7) is 3.92. The Morgan fingerprint density at radius 1 is 1.15 bits per heavy atom. The molecule has 2 aromatic heterocycles. The van der Waals surface area contributed by atoms with E-state index >= 15 is 0 Å². The average Bonchev–Trinajstić information content (AvgIpc) is 2.90. The summed E-state index contributed by atoms with van der Waals surface area (Å²) in [6, 6.07) is 3.91. The number of hydrogen-bond acceptors (Lipinski definition) is 6. The van der Waals surface area contributed by atoms with Gasteiger partial charge in [-0.25, -0.2) is 4.98 Å². The third-order valence-electron chi connectivity index (χ3n) is 4.52. The van der Waals surface area contributed by atoms with E-state index < -0.39 is 0 Å². The first-order valence-corrected chi connectivity index (χ1v) is 8.74. The van der Waals surface area contributed by atoms with Gasteiger partial charge < -0.3 is 19.7 Å². The summed E-state index contributed by atoms with van der Waals surface area (Å²) in [7, 11) is 9.38. The molecule has 0 aliphatic heterocycles. The summed E-state index contributed by atoms with van der Waals surface area (Å²) in [6.07, 6.45) is 1.05. The second-order valence-corrected chi connectivity index (χ2v) is 6.70. The Morgan fingerprint density at radius 2 is 1.81 bits per heavy atom. The number of rotatable bonds is 7. The van der Waals surface area contributed by atoms with Crippen LogP contribution in [0.15, 0.2) is 12.1 Å². The zero-order valence-electron chi connectivity index (χ0n) is 16.8. The van der Waals surface area contributed by atoms with E-state index in [1.807, 2.05) is 30.8 Å². The number of ether oxygens (including phenoxy) is 2. The molecule has 1 N–H and O–H groups in total. The molecule has 0 unspecified atom stereocenters. The Morgan fingerprint density at radius 3 is 2.44 bits per heavy atom. The molecule has 0 fully saturated rings. The van der Waals surface area contributed by atoms with Gasteiger partial charge in [0.2, 0.25) is 0 Å². The predicted molar refractivity (Wildman–Crippen MR) is 113 cm³/mol. The van der Waals surface area contributed by atoms with Crippen molar-refractivity contribution in [2.75, 3.05) is 46.7 Å². The minimum atomic E-state index is 0. The number of methoxy groups -OCH3 is 2. The highest BCUT2D eigenvalue weighted by molar-refractivity contribution is 6.08. The van der Waals surface area contributed by atoms with Crippen molar-refractivity contribution in [2.24, 2.45) is 7.05 Å². The van der Waals surface area contributed by atoms with Crippen LogP contribution in [0.3, 0.4) is 0 Å². The highest BCUT2D eigenvalue weighted by Gasteiger charge is 2.18. The van der Waals surface area contributed by atoms with Crippen LogP contribution in [-0.2, 0) is 7.05 Å². The Kier molecular flexibility index (Phi) is 6.73. The molecule has 148 valence electrons. The van der Waals surface area contributed by atoms with Crippen molar-refractivity contribution in [3.63, 3.8) is 0 Å². The van der Waals surface area contributed by atoms with Crippen molar-refractivity contribution >= 4 is 40.0 Å². The molecule has 0 saturated heterocycles. The molecule has 8 heteroatoms. The van der Waals surface area contributed by atoms with Crippen molar-refractivity contribution in [2.45, 2.75) is 13.3 Å². The minimum absolute atomic E-state index is 0. The summed E-state index contributed by atoms with van der Waals surface area (Å²) >= 11 is 0. The lowest BCUT2D eigenvalue weighted by atomic mass is 10.1. The molecule has 3 aromatic rings. The summed E-state index contributed by atoms with van der Waals surface area (Å²) in [5.41, 5.74) is 3.72. The molecular weight excluding hydrogens is 366 g/mol. The first-order valence-electron chi connectivity index (χ1n) is 8.74. The normalized spacial score (nSPS) is 11.1. The Hall–Kier alpha value is -2.25. The van der Waals surface area contributed by atoms with Gasteiger partial charge in [-0.3, -0.25) is 4.68 Å². The SMILES string of the molecule is COc1cc2nc3c(c(C)nn3C)c(NCCCN(C)C)c2cc1OC.Cl. The zero-order chi connectivity index (χ0) is 18.8. The number of anilines is 1. The van der Waals surface area contributed by atoms with Crippen LogP contribution in [0.25, 0.3) is 21.9 Å². The van der Waals surface area contributed by atoms with E-state index in [4.69, 9.17) is 14.5 Å². The van der Waals surface area contributed by atoms with Crippen molar-refractivity contribution in [1.29, 1.82) is 0 Å². The maximum absolute atomic E-state index is 5.50. The van der Waals surface area contributed by atoms with E-state index in [1.54, 1.807) is 14.2 Å². The van der Waals surface area contributed by atoms with Crippen molar-refractivity contribution in [3.05, 3.63) is 17.8 Å². The predicted octanol–water partition coefficient (Wildman–Crippen LogP) is 3.23. The number of nitrogens with zero attached hydrogens (tertiary/aromatic N) is 4. The number of hydrogen-bond donors (Lipinski definition) is 1. The lowest BCUT2D eigenvalue weighted by Crippen LogP contribution is -2.16. The van der Waals surface area contributed by atoms with Crippen molar-refractivity contribution < 1.29 is 9.47 Å². The number of pyridine rings is 1. The molecule has 0 saturated carbocycles. The fraction of sp³-hybridized carbons (Fsp3) is 0.474. The number of aromatic nitrogens is 3. The first-order chi connectivity index (χ1) is 12.5. The second kappa shape index (κ2) is 8.63. The molecule has 7 nitrogen and oxygen atoms in total. The van der Waals surface area contributed by atoms with E-state index in [2.05, 4.69) is 29.4 Å². The van der Waals surface area contributed by atoms with E-state index in [-0.39, 0.29) is 12.4 Å². The molecule has 0 aliphatic rings. The number of nitrogens with one attached hydrogen (secondary N) is 1. The number of halogens is 1. The molecule has 2 heterocycles. The van der Waals surface area contributed by atoms with Gasteiger partial charge >= 0.3 is 0 Å². The second-order valence-electron chi connectivity index (χ2n) is 6.70. The van der Waals surface area contributed by atoms with Crippen molar-refractivity contribution in [1.82, 2.24) is 19.7 Å². The van der Waals surface area contributed by atoms with Crippen LogP contribution >= 0.6 is 12.4 Å². The van der Waals surface area contributed by atoms with Crippen molar-refractivity contribution in [3.8, 4) is 11.5 Å². The fourth-order valence-electron chi connectivity index (χ4n) is 3.27. The molecule has 0 bridgehead atoms. The van der Waals surface area contributed by atoms with Crippen LogP contribution in [0.4, 0.5) is 5.69 Å². The molecule has 0 atom stereocenters. The van der Waals surface area contributed by atoms with Gasteiger partial charge in [-0.15, -0.1) is 12.4 Å². The maximum Gasteiger partial charge on any atom is 0.162 e. The smallest absolute Gasteiger partial charge is 0.162 e.